The molecule has 0 aliphatic carbocycles. The Morgan fingerprint density at radius 2 is 2.38 bits per heavy atom. The second-order valence-electron chi connectivity index (χ2n) is 3.08. The minimum absolute atomic E-state index is 0.0636. The smallest absolute Gasteiger partial charge is 0.346 e. The molecule has 5 nitrogen and oxygen atoms in total. The predicted molar refractivity (Wildman–Crippen MR) is 62.1 cm³/mol. The molecule has 0 fully saturated rings. The van der Waals surface area contributed by atoms with Gasteiger partial charge in [-0.15, -0.1) is 18.3 Å². The van der Waals surface area contributed by atoms with Crippen LogP contribution in [0.25, 0.3) is 0 Å². The molecule has 0 atom stereocenters. The molecule has 0 spiro atoms. The zero-order valence-electron chi connectivity index (χ0n) is 8.82. The number of allylic oxidation sites excluding steroid dienone is 1. The Kier molecular flexibility index (Phi) is 4.30. The molecule has 0 unspecified atom stereocenters. The normalized spacial score (nSPS) is 10.1. The lowest BCUT2D eigenvalue weighted by Gasteiger charge is -2.05. The number of aromatic amines is 1. The Morgan fingerprint density at radius 3 is 2.94 bits per heavy atom. The fraction of sp³-hybridized carbons (Fsp3) is 0.300. The highest BCUT2D eigenvalue weighted by molar-refractivity contribution is 7.99. The van der Waals surface area contributed by atoms with Crippen LogP contribution in [0.4, 0.5) is 0 Å². The first-order valence-electron chi connectivity index (χ1n) is 4.64. The maximum atomic E-state index is 11.1. The summed E-state index contributed by atoms with van der Waals surface area (Å²) in [6.45, 7) is 5.11. The third kappa shape index (κ3) is 2.96. The number of rotatable bonds is 5. The minimum atomic E-state index is -1.08. The average molecular weight is 240 g/mol. The van der Waals surface area contributed by atoms with Crippen LogP contribution in [0.1, 0.15) is 22.5 Å². The lowest BCUT2D eigenvalue weighted by molar-refractivity contribution is 0.0690. The summed E-state index contributed by atoms with van der Waals surface area (Å²) in [5.74, 6) is -0.429. The summed E-state index contributed by atoms with van der Waals surface area (Å²) < 4.78 is 0. The Bertz CT molecular complexity index is 468. The van der Waals surface area contributed by atoms with E-state index in [0.29, 0.717) is 11.4 Å². The van der Waals surface area contributed by atoms with Crippen LogP contribution in [0, 0.1) is 6.92 Å². The van der Waals surface area contributed by atoms with Gasteiger partial charge >= 0.3 is 11.7 Å². The van der Waals surface area contributed by atoms with Crippen LogP contribution >= 0.6 is 11.8 Å². The number of H-pyrrole nitrogens is 1. The van der Waals surface area contributed by atoms with Crippen LogP contribution in [-0.4, -0.2) is 26.8 Å². The summed E-state index contributed by atoms with van der Waals surface area (Å²) in [7, 11) is 0. The molecule has 1 rings (SSSR count). The molecule has 0 bridgehead atoms. The fourth-order valence-corrected chi connectivity index (χ4v) is 2.16. The summed E-state index contributed by atoms with van der Waals surface area (Å²) in [6.07, 6.45) is 2.46. The van der Waals surface area contributed by atoms with Gasteiger partial charge in [-0.25, -0.2) is 9.59 Å². The van der Waals surface area contributed by atoms with Gasteiger partial charge in [-0.2, -0.15) is 4.98 Å². The van der Waals surface area contributed by atoms with E-state index >= 15 is 0 Å². The van der Waals surface area contributed by atoms with Gasteiger partial charge in [0.1, 0.15) is 10.6 Å². The van der Waals surface area contributed by atoms with E-state index < -0.39 is 11.7 Å². The van der Waals surface area contributed by atoms with Crippen LogP contribution in [0.3, 0.4) is 0 Å². The van der Waals surface area contributed by atoms with E-state index in [1.54, 1.807) is 13.0 Å². The summed E-state index contributed by atoms with van der Waals surface area (Å²) >= 11 is 1.25. The lowest BCUT2D eigenvalue weighted by atomic mass is 10.2. The highest BCUT2D eigenvalue weighted by Crippen LogP contribution is 2.21. The maximum absolute atomic E-state index is 11.1. The van der Waals surface area contributed by atoms with Gasteiger partial charge in [0.05, 0.1) is 0 Å². The van der Waals surface area contributed by atoms with Crippen molar-refractivity contribution < 1.29 is 9.90 Å². The third-order valence-corrected chi connectivity index (χ3v) is 2.87. The van der Waals surface area contributed by atoms with E-state index in [4.69, 9.17) is 5.11 Å². The number of carboxylic acids is 1. The van der Waals surface area contributed by atoms with Crippen molar-refractivity contribution in [1.29, 1.82) is 0 Å². The van der Waals surface area contributed by atoms with E-state index in [0.717, 1.165) is 6.42 Å². The quantitative estimate of drug-likeness (QED) is 0.352. The number of aromatic nitrogens is 2. The number of nitrogens with zero attached hydrogens (tertiary/aromatic N) is 1. The van der Waals surface area contributed by atoms with E-state index in [1.807, 2.05) is 0 Å². The van der Waals surface area contributed by atoms with Crippen molar-refractivity contribution in [3.63, 3.8) is 0 Å². The van der Waals surface area contributed by atoms with Crippen molar-refractivity contribution >= 4 is 17.7 Å². The van der Waals surface area contributed by atoms with Crippen molar-refractivity contribution in [2.75, 3.05) is 5.75 Å². The number of hydrogen-bond donors (Lipinski definition) is 2. The molecular weight excluding hydrogens is 228 g/mol. The minimum Gasteiger partial charge on any atom is -0.478 e. The summed E-state index contributed by atoms with van der Waals surface area (Å²) in [4.78, 5) is 28.2. The topological polar surface area (TPSA) is 83.0 Å². The standard InChI is InChI=1S/C10H12N2O3S/c1-3-4-5-16-8-7(9(13)14)6(2)11-10(15)12-8/h3H,1,4-5H2,2H3,(H,13,14)(H,11,12,15). The second kappa shape index (κ2) is 5.50. The number of thioether (sulfide) groups is 1. The van der Waals surface area contributed by atoms with Crippen LogP contribution in [0.2, 0.25) is 0 Å². The molecular formula is C10H12N2O3S. The first-order chi connectivity index (χ1) is 7.56. The maximum Gasteiger partial charge on any atom is 0.346 e. The van der Waals surface area contributed by atoms with E-state index in [2.05, 4.69) is 16.5 Å². The highest BCUT2D eigenvalue weighted by atomic mass is 32.2. The second-order valence-corrected chi connectivity index (χ2v) is 4.16. The summed E-state index contributed by atoms with van der Waals surface area (Å²) in [6, 6.07) is 0. The van der Waals surface area contributed by atoms with Crippen molar-refractivity contribution in [2.24, 2.45) is 0 Å². The largest absolute Gasteiger partial charge is 0.478 e. The van der Waals surface area contributed by atoms with Crippen molar-refractivity contribution in [3.8, 4) is 0 Å². The molecule has 16 heavy (non-hydrogen) atoms. The lowest BCUT2D eigenvalue weighted by Crippen LogP contribution is -2.18. The van der Waals surface area contributed by atoms with Gasteiger partial charge in [0.15, 0.2) is 0 Å². The summed E-state index contributed by atoms with van der Waals surface area (Å²) in [5.41, 5.74) is -0.133. The van der Waals surface area contributed by atoms with Crippen molar-refractivity contribution in [3.05, 3.63) is 34.4 Å². The molecule has 0 saturated heterocycles. The number of carbonyl (C=O) groups is 1. The number of hydrogen-bond acceptors (Lipinski definition) is 4. The molecule has 0 saturated carbocycles. The van der Waals surface area contributed by atoms with Gasteiger partial charge in [0.25, 0.3) is 0 Å². The molecule has 0 aromatic carbocycles. The Labute approximate surface area is 96.6 Å². The molecule has 2 N–H and O–H groups in total. The van der Waals surface area contributed by atoms with E-state index in [9.17, 15) is 9.59 Å². The van der Waals surface area contributed by atoms with Gasteiger partial charge < -0.3 is 10.1 Å². The van der Waals surface area contributed by atoms with Gasteiger partial charge in [-0.05, 0) is 13.3 Å². The molecule has 0 aliphatic rings. The van der Waals surface area contributed by atoms with Gasteiger partial charge in [-0.1, -0.05) is 6.08 Å². The molecule has 1 aromatic rings. The van der Waals surface area contributed by atoms with E-state index in [-0.39, 0.29) is 10.6 Å². The van der Waals surface area contributed by atoms with Crippen LogP contribution in [0.5, 0.6) is 0 Å². The van der Waals surface area contributed by atoms with Crippen LogP contribution < -0.4 is 5.69 Å². The average Bonchev–Trinajstić information content (AvgIpc) is 2.16. The molecule has 6 heteroatoms. The zero-order valence-corrected chi connectivity index (χ0v) is 9.63. The number of carboxylic acid groups (broad SMARTS) is 1. The molecule has 86 valence electrons. The third-order valence-electron chi connectivity index (χ3n) is 1.86. The Hall–Kier alpha value is -1.56. The van der Waals surface area contributed by atoms with Gasteiger partial charge in [0.2, 0.25) is 0 Å². The molecule has 1 aromatic heterocycles. The van der Waals surface area contributed by atoms with Crippen LogP contribution in [0.15, 0.2) is 22.5 Å². The van der Waals surface area contributed by atoms with E-state index in [1.165, 1.54) is 11.8 Å². The molecule has 0 aliphatic heterocycles. The Morgan fingerprint density at radius 1 is 1.69 bits per heavy atom. The van der Waals surface area contributed by atoms with Crippen LogP contribution in [-0.2, 0) is 0 Å². The predicted octanol–water partition coefficient (Wildman–Crippen LogP) is 1.44. The number of aryl methyl sites for hydroxylation is 1. The monoisotopic (exact) mass is 240 g/mol. The fourth-order valence-electron chi connectivity index (χ4n) is 1.15. The first-order valence-corrected chi connectivity index (χ1v) is 5.62. The SMILES string of the molecule is C=CCCSc1nc(=O)[nH]c(C)c1C(=O)O. The summed E-state index contributed by atoms with van der Waals surface area (Å²) in [5, 5.41) is 9.26. The highest BCUT2D eigenvalue weighted by Gasteiger charge is 2.16. The first kappa shape index (κ1) is 12.5. The number of aromatic carboxylic acids is 1. The van der Waals surface area contributed by atoms with Gasteiger partial charge in [0, 0.05) is 11.4 Å². The molecule has 0 radical (unpaired) electrons. The van der Waals surface area contributed by atoms with Gasteiger partial charge in [-0.3, -0.25) is 0 Å². The van der Waals surface area contributed by atoms with Crippen molar-refractivity contribution in [1.82, 2.24) is 9.97 Å². The Balaban J connectivity index is 3.09. The molecule has 1 heterocycles. The van der Waals surface area contributed by atoms with Crippen molar-refractivity contribution in [2.45, 2.75) is 18.4 Å². The molecule has 0 amide bonds. The zero-order chi connectivity index (χ0) is 12.1. The number of nitrogens with one attached hydrogen (secondary N) is 1.